The third kappa shape index (κ3) is 8.12. The second-order valence-electron chi connectivity index (χ2n) is 4.32. The van der Waals surface area contributed by atoms with E-state index in [0.717, 1.165) is 6.54 Å². The minimum atomic E-state index is 0.336. The van der Waals surface area contributed by atoms with Crippen molar-refractivity contribution in [3.63, 3.8) is 0 Å². The fourth-order valence-electron chi connectivity index (χ4n) is 1.69. The van der Waals surface area contributed by atoms with Crippen LogP contribution in [0.15, 0.2) is 30.3 Å². The Bertz CT molecular complexity index is 292. The molecule has 107 valence electrons. The molecule has 3 heteroatoms. The first-order chi connectivity index (χ1) is 8.86. The van der Waals surface area contributed by atoms with Gasteiger partial charge in [0.1, 0.15) is 0 Å². The molecule has 0 bridgehead atoms. The summed E-state index contributed by atoms with van der Waals surface area (Å²) < 4.78 is 4.07. The van der Waals surface area contributed by atoms with Crippen LogP contribution in [0.5, 0.6) is 0 Å². The van der Waals surface area contributed by atoms with Crippen molar-refractivity contribution < 1.29 is 33.5 Å². The van der Waals surface area contributed by atoms with Gasteiger partial charge in [-0.25, -0.2) is 0 Å². The summed E-state index contributed by atoms with van der Waals surface area (Å²) in [5.74, 6) is 0. The van der Waals surface area contributed by atoms with Gasteiger partial charge in [0.2, 0.25) is 0 Å². The van der Waals surface area contributed by atoms with Gasteiger partial charge in [-0.2, -0.15) is 0 Å². The zero-order valence-corrected chi connectivity index (χ0v) is 14.4. The summed E-state index contributed by atoms with van der Waals surface area (Å²) in [7, 11) is 0. The van der Waals surface area contributed by atoms with Crippen LogP contribution in [0.4, 0.5) is 0 Å². The Morgan fingerprint density at radius 1 is 1.11 bits per heavy atom. The summed E-state index contributed by atoms with van der Waals surface area (Å²) in [5, 5.41) is 0. The van der Waals surface area contributed by atoms with E-state index in [1.54, 1.807) is 0 Å². The molecule has 0 saturated heterocycles. The van der Waals surface area contributed by atoms with E-state index < -0.39 is 0 Å². The molecule has 0 aromatic heterocycles. The first kappa shape index (κ1) is 16.9. The molecule has 1 aromatic rings. The van der Waals surface area contributed by atoms with Crippen molar-refractivity contribution in [1.82, 2.24) is 1.80 Å². The molecule has 0 radical (unpaired) electrons. The van der Waals surface area contributed by atoms with Gasteiger partial charge >= 0.3 is 133 Å². The number of hydrogen-bond donors (Lipinski definition) is 1. The van der Waals surface area contributed by atoms with E-state index >= 15 is 0 Å². The van der Waals surface area contributed by atoms with Gasteiger partial charge in [0.15, 0.2) is 0 Å². The van der Waals surface area contributed by atoms with Gasteiger partial charge in [-0.15, -0.1) is 0 Å². The van der Waals surface area contributed by atoms with Crippen molar-refractivity contribution in [3.05, 3.63) is 35.9 Å². The van der Waals surface area contributed by atoms with Crippen molar-refractivity contribution in [2.45, 2.75) is 39.5 Å². The van der Waals surface area contributed by atoms with Gasteiger partial charge in [-0.05, 0) is 0 Å². The van der Waals surface area contributed by atoms with Crippen molar-refractivity contribution in [2.75, 3.05) is 18.9 Å². The molecule has 0 aliphatic heterocycles. The molecule has 1 aromatic carbocycles. The molecule has 1 nitrogen and oxygen atoms in total. The molecule has 0 heterocycles. The van der Waals surface area contributed by atoms with E-state index in [2.05, 4.69) is 46.0 Å². The summed E-state index contributed by atoms with van der Waals surface area (Å²) in [6, 6.07) is 10.8. The van der Waals surface area contributed by atoms with Crippen LogP contribution in [0.3, 0.4) is 0 Å². The molecule has 0 amide bonds. The van der Waals surface area contributed by atoms with E-state index in [4.69, 9.17) is 0 Å². The molecule has 1 unspecified atom stereocenters. The number of nitrogens with one attached hydrogen (secondary N) is 1. The summed E-state index contributed by atoms with van der Waals surface area (Å²) >= 11 is 0.373. The van der Waals surface area contributed by atoms with Gasteiger partial charge in [0.05, 0.1) is 0 Å². The topological polar surface area (TPSA) is 12.0 Å². The summed E-state index contributed by atoms with van der Waals surface area (Å²) in [6.45, 7) is 5.82. The Morgan fingerprint density at radius 2 is 1.89 bits per heavy atom. The van der Waals surface area contributed by atoms with Gasteiger partial charge in [0.25, 0.3) is 0 Å². The predicted molar refractivity (Wildman–Crippen MR) is 80.0 cm³/mol. The predicted octanol–water partition coefficient (Wildman–Crippen LogP) is 4.43. The van der Waals surface area contributed by atoms with Crippen LogP contribution < -0.4 is 1.80 Å². The Balaban J connectivity index is 2.08. The van der Waals surface area contributed by atoms with Gasteiger partial charge < -0.3 is 0 Å². The molecule has 0 saturated carbocycles. The Hall–Kier alpha value is 0.870. The molecule has 1 N–H and O–H groups in total. The Kier molecular flexibility index (Phi) is 11.0. The number of unbranched alkanes of at least 4 members (excludes halogenated alkanes) is 2. The van der Waals surface area contributed by atoms with E-state index in [1.165, 1.54) is 43.6 Å². The van der Waals surface area contributed by atoms with Crippen LogP contribution in [0.25, 0.3) is 0 Å². The van der Waals surface area contributed by atoms with Crippen molar-refractivity contribution >= 4 is 3.33 Å². The fraction of sp³-hybridized carbons (Fsp3) is 0.600. The SMILES string of the molecule is CCCCC[P](CC)[Ho][NH]CCc1ccccc1. The van der Waals surface area contributed by atoms with E-state index in [1.807, 2.05) is 0 Å². The molecule has 18 heavy (non-hydrogen) atoms. The molecule has 0 spiro atoms. The summed E-state index contributed by atoms with van der Waals surface area (Å²) in [5.41, 5.74) is 1.46. The van der Waals surface area contributed by atoms with Crippen LogP contribution in [-0.2, 0) is 6.42 Å². The van der Waals surface area contributed by atoms with Crippen LogP contribution in [0.1, 0.15) is 38.7 Å². The third-order valence-corrected chi connectivity index (χ3v) is 10.8. The molecule has 0 aliphatic carbocycles. The van der Waals surface area contributed by atoms with Crippen LogP contribution >= 0.6 is 3.33 Å². The van der Waals surface area contributed by atoms with Gasteiger partial charge in [0, 0.05) is 0 Å². The van der Waals surface area contributed by atoms with E-state index in [9.17, 15) is 0 Å². The molecule has 1 rings (SSSR count). The second-order valence-corrected chi connectivity index (χ2v) is 12.0. The van der Waals surface area contributed by atoms with Crippen LogP contribution in [0, 0.1) is 33.5 Å². The van der Waals surface area contributed by atoms with Crippen LogP contribution in [0.2, 0.25) is 0 Å². The maximum atomic E-state index is 3.74. The third-order valence-electron chi connectivity index (χ3n) is 2.78. The van der Waals surface area contributed by atoms with E-state index in [-0.39, 0.29) is 0 Å². The molecule has 0 aliphatic rings. The van der Waals surface area contributed by atoms with Gasteiger partial charge in [-0.3, -0.25) is 0 Å². The van der Waals surface area contributed by atoms with Crippen LogP contribution in [-0.4, -0.2) is 18.9 Å². The van der Waals surface area contributed by atoms with E-state index in [0.29, 0.717) is 36.8 Å². The average molecular weight is 416 g/mol. The molecular formula is C15H26HoNP. The van der Waals surface area contributed by atoms with Crippen molar-refractivity contribution in [1.29, 1.82) is 0 Å². The second kappa shape index (κ2) is 11.7. The Morgan fingerprint density at radius 3 is 2.56 bits per heavy atom. The summed E-state index contributed by atoms with van der Waals surface area (Å²) in [4.78, 5) is 0. The fourth-order valence-corrected chi connectivity index (χ4v) is 7.59. The first-order valence-electron chi connectivity index (χ1n) is 6.95. The molecule has 1 atom stereocenters. The van der Waals surface area contributed by atoms with Gasteiger partial charge in [-0.1, -0.05) is 0 Å². The van der Waals surface area contributed by atoms with Crippen molar-refractivity contribution in [3.8, 4) is 0 Å². The zero-order chi connectivity index (χ0) is 13.1. The number of benzene rings is 1. The minimum absolute atomic E-state index is 0.336. The standard InChI is InChI=1S/C8H10N.C7H16P.Ho/c9-7-6-8-4-2-1-3-5-8;1-3-5-6-7-8-4-2;/h1-5,9H,6-7H2;3-7H2,1-2H3;/q2*-1;+2. The molecule has 0 fully saturated rings. The number of rotatable bonds is 10. The normalized spacial score (nSPS) is 12.8. The quantitative estimate of drug-likeness (QED) is 0.338. The number of hydrogen-bond acceptors (Lipinski definition) is 1. The maximum absolute atomic E-state index is 3.74. The first-order valence-corrected chi connectivity index (χ1v) is 12.0. The Labute approximate surface area is 132 Å². The summed E-state index contributed by atoms with van der Waals surface area (Å²) in [6.07, 6.45) is 8.32. The monoisotopic (exact) mass is 416 g/mol. The zero-order valence-electron chi connectivity index (χ0n) is 11.6. The average Bonchev–Trinajstić information content (AvgIpc) is 2.43. The van der Waals surface area contributed by atoms with Crippen molar-refractivity contribution in [2.24, 2.45) is 0 Å². The molecular weight excluding hydrogens is 390 g/mol.